The summed E-state index contributed by atoms with van der Waals surface area (Å²) < 4.78 is 66.3. The van der Waals surface area contributed by atoms with Gasteiger partial charge < -0.3 is 5.73 Å². The second-order valence-corrected chi connectivity index (χ2v) is 8.34. The molecule has 0 amide bonds. The van der Waals surface area contributed by atoms with Gasteiger partial charge >= 0.3 is 6.18 Å². The van der Waals surface area contributed by atoms with Gasteiger partial charge in [-0.1, -0.05) is 36.4 Å². The number of halogens is 3. The summed E-state index contributed by atoms with van der Waals surface area (Å²) >= 11 is 0. The van der Waals surface area contributed by atoms with Gasteiger partial charge in [-0.25, -0.2) is 18.4 Å². The fraction of sp³-hybridized carbons (Fsp3) is 0.0476. The number of anilines is 1. The van der Waals surface area contributed by atoms with Gasteiger partial charge in [0.1, 0.15) is 5.84 Å². The number of amidine groups is 2. The van der Waals surface area contributed by atoms with Gasteiger partial charge in [0.05, 0.1) is 16.1 Å². The fourth-order valence-electron chi connectivity index (χ4n) is 3.04. The molecule has 31 heavy (non-hydrogen) atoms. The molecule has 0 unspecified atom stereocenters. The summed E-state index contributed by atoms with van der Waals surface area (Å²) in [6, 6.07) is 16.9. The molecule has 3 N–H and O–H groups in total. The summed E-state index contributed by atoms with van der Waals surface area (Å²) in [5.74, 6) is 0.651. The number of rotatable bonds is 4. The van der Waals surface area contributed by atoms with Gasteiger partial charge in [0.2, 0.25) is 0 Å². The third kappa shape index (κ3) is 4.29. The molecule has 0 aliphatic carbocycles. The zero-order valence-corrected chi connectivity index (χ0v) is 16.6. The van der Waals surface area contributed by atoms with Crippen LogP contribution in [-0.4, -0.2) is 20.1 Å². The molecule has 3 aromatic carbocycles. The Balaban J connectivity index is 1.65. The number of hydrogen-bond donors (Lipinski definition) is 2. The van der Waals surface area contributed by atoms with Crippen molar-refractivity contribution < 1.29 is 21.6 Å². The average Bonchev–Trinajstić information content (AvgIpc) is 3.03. The zero-order valence-electron chi connectivity index (χ0n) is 15.8. The van der Waals surface area contributed by atoms with Crippen molar-refractivity contribution >= 4 is 33.1 Å². The lowest BCUT2D eigenvalue weighted by atomic mass is 10.1. The van der Waals surface area contributed by atoms with E-state index in [2.05, 4.69) is 14.7 Å². The standard InChI is InChI=1S/C21H15F3N4O2S/c22-21(23,24)13-5-3-7-15(11-13)28-31(29,30)16-8-4-6-14(12-16)26-20-18-10-2-1-9-17(18)19(25)27-20/h1-12,28H,(H2,25,26,27). The Morgan fingerprint density at radius 2 is 1.61 bits per heavy atom. The van der Waals surface area contributed by atoms with E-state index in [1.807, 2.05) is 12.1 Å². The zero-order chi connectivity index (χ0) is 22.2. The normalized spacial score (nSPS) is 14.9. The fourth-order valence-corrected chi connectivity index (χ4v) is 4.13. The van der Waals surface area contributed by atoms with Gasteiger partial charge in [0.15, 0.2) is 5.84 Å². The van der Waals surface area contributed by atoms with E-state index < -0.39 is 21.8 Å². The number of nitrogens with zero attached hydrogens (tertiary/aromatic N) is 2. The van der Waals surface area contributed by atoms with Crippen molar-refractivity contribution in [2.45, 2.75) is 11.1 Å². The van der Waals surface area contributed by atoms with Crippen LogP contribution in [0, 0.1) is 0 Å². The molecule has 4 rings (SSSR count). The van der Waals surface area contributed by atoms with E-state index in [0.717, 1.165) is 29.3 Å². The Morgan fingerprint density at radius 1 is 0.903 bits per heavy atom. The summed E-state index contributed by atoms with van der Waals surface area (Å²) in [7, 11) is -4.15. The summed E-state index contributed by atoms with van der Waals surface area (Å²) in [6.45, 7) is 0. The number of hydrogen-bond acceptors (Lipinski definition) is 4. The molecule has 0 saturated carbocycles. The molecule has 1 aliphatic rings. The molecule has 6 nitrogen and oxygen atoms in total. The Hall–Kier alpha value is -3.66. The van der Waals surface area contributed by atoms with E-state index in [9.17, 15) is 21.6 Å². The van der Waals surface area contributed by atoms with Crippen molar-refractivity contribution in [2.24, 2.45) is 15.7 Å². The van der Waals surface area contributed by atoms with Crippen molar-refractivity contribution in [2.75, 3.05) is 4.72 Å². The first kappa shape index (κ1) is 20.6. The third-order valence-electron chi connectivity index (χ3n) is 4.48. The van der Waals surface area contributed by atoms with Gasteiger partial charge in [-0.3, -0.25) is 4.72 Å². The van der Waals surface area contributed by atoms with Gasteiger partial charge in [-0.15, -0.1) is 0 Å². The second kappa shape index (κ2) is 7.55. The maximum atomic E-state index is 12.9. The molecule has 0 aromatic heterocycles. The number of nitrogens with two attached hydrogens (primary N) is 1. The van der Waals surface area contributed by atoms with Crippen LogP contribution >= 0.6 is 0 Å². The average molecular weight is 444 g/mol. The Bertz CT molecular complexity index is 1330. The van der Waals surface area contributed by atoms with Crippen molar-refractivity contribution in [1.82, 2.24) is 0 Å². The van der Waals surface area contributed by atoms with Crippen LogP contribution in [0.1, 0.15) is 16.7 Å². The van der Waals surface area contributed by atoms with Crippen LogP contribution < -0.4 is 10.5 Å². The lowest BCUT2D eigenvalue weighted by Gasteiger charge is -2.11. The topological polar surface area (TPSA) is 96.9 Å². The van der Waals surface area contributed by atoms with Gasteiger partial charge in [0, 0.05) is 16.8 Å². The first-order valence-corrected chi connectivity index (χ1v) is 10.4. The van der Waals surface area contributed by atoms with Crippen LogP contribution in [-0.2, 0) is 16.2 Å². The maximum absolute atomic E-state index is 12.9. The summed E-state index contributed by atoms with van der Waals surface area (Å²) in [6.07, 6.45) is -4.59. The van der Waals surface area contributed by atoms with Crippen molar-refractivity contribution in [3.8, 4) is 0 Å². The summed E-state index contributed by atoms with van der Waals surface area (Å²) in [5, 5.41) is 0. The van der Waals surface area contributed by atoms with Gasteiger partial charge in [-0.2, -0.15) is 13.2 Å². The number of benzene rings is 3. The molecule has 10 heteroatoms. The number of nitrogens with one attached hydrogen (secondary N) is 1. The molecular formula is C21H15F3N4O2S. The van der Waals surface area contributed by atoms with E-state index in [1.165, 1.54) is 24.3 Å². The Morgan fingerprint density at radius 3 is 2.35 bits per heavy atom. The lowest BCUT2D eigenvalue weighted by Crippen LogP contribution is -2.14. The highest BCUT2D eigenvalue weighted by Crippen LogP contribution is 2.31. The highest BCUT2D eigenvalue weighted by molar-refractivity contribution is 7.92. The summed E-state index contributed by atoms with van der Waals surface area (Å²) in [5.41, 5.74) is 6.50. The van der Waals surface area contributed by atoms with Crippen LogP contribution in [0.25, 0.3) is 0 Å². The van der Waals surface area contributed by atoms with E-state index in [-0.39, 0.29) is 10.6 Å². The van der Waals surface area contributed by atoms with E-state index in [1.54, 1.807) is 18.2 Å². The minimum Gasteiger partial charge on any atom is -0.383 e. The van der Waals surface area contributed by atoms with Crippen LogP contribution in [0.3, 0.4) is 0 Å². The van der Waals surface area contributed by atoms with Crippen LogP contribution in [0.5, 0.6) is 0 Å². The second-order valence-electron chi connectivity index (χ2n) is 6.66. The SMILES string of the molecule is NC1=NC(=Nc2cccc(S(=O)(=O)Nc3cccc(C(F)(F)F)c3)c2)c2ccccc21. The molecule has 0 radical (unpaired) electrons. The quantitative estimate of drug-likeness (QED) is 0.628. The molecule has 0 atom stereocenters. The molecule has 158 valence electrons. The largest absolute Gasteiger partial charge is 0.416 e. The molecule has 0 spiro atoms. The van der Waals surface area contributed by atoms with Crippen molar-refractivity contribution in [3.05, 3.63) is 89.5 Å². The van der Waals surface area contributed by atoms with Gasteiger partial charge in [0.25, 0.3) is 10.0 Å². The smallest absolute Gasteiger partial charge is 0.383 e. The highest BCUT2D eigenvalue weighted by Gasteiger charge is 2.30. The minimum atomic E-state index is -4.59. The number of fused-ring (bicyclic) bond motifs is 1. The molecule has 0 bridgehead atoms. The highest BCUT2D eigenvalue weighted by atomic mass is 32.2. The first-order chi connectivity index (χ1) is 14.6. The van der Waals surface area contributed by atoms with Crippen molar-refractivity contribution in [3.63, 3.8) is 0 Å². The van der Waals surface area contributed by atoms with Crippen LogP contribution in [0.2, 0.25) is 0 Å². The summed E-state index contributed by atoms with van der Waals surface area (Å²) in [4.78, 5) is 8.45. The Kier molecular flexibility index (Phi) is 5.02. The number of sulfonamides is 1. The van der Waals surface area contributed by atoms with Crippen molar-refractivity contribution in [1.29, 1.82) is 0 Å². The molecular weight excluding hydrogens is 429 g/mol. The monoisotopic (exact) mass is 444 g/mol. The molecule has 3 aromatic rings. The van der Waals surface area contributed by atoms with E-state index in [4.69, 9.17) is 5.73 Å². The molecule has 0 saturated heterocycles. The number of alkyl halides is 3. The predicted octanol–water partition coefficient (Wildman–Crippen LogP) is 4.30. The van der Waals surface area contributed by atoms with Crippen LogP contribution in [0.4, 0.5) is 24.5 Å². The molecule has 0 fully saturated rings. The minimum absolute atomic E-state index is 0.157. The first-order valence-electron chi connectivity index (χ1n) is 8.96. The maximum Gasteiger partial charge on any atom is 0.416 e. The van der Waals surface area contributed by atoms with E-state index in [0.29, 0.717) is 17.4 Å². The third-order valence-corrected chi connectivity index (χ3v) is 5.85. The lowest BCUT2D eigenvalue weighted by molar-refractivity contribution is -0.137. The van der Waals surface area contributed by atoms with Crippen LogP contribution in [0.15, 0.2) is 87.7 Å². The van der Waals surface area contributed by atoms with Gasteiger partial charge in [-0.05, 0) is 36.4 Å². The molecule has 1 aliphatic heterocycles. The van der Waals surface area contributed by atoms with E-state index >= 15 is 0 Å². The molecule has 1 heterocycles. The Labute approximate surface area is 176 Å². The number of aliphatic imine (C=N–C) groups is 2. The predicted molar refractivity (Wildman–Crippen MR) is 112 cm³/mol.